The highest BCUT2D eigenvalue weighted by atomic mass is 35.5. The highest BCUT2D eigenvalue weighted by Crippen LogP contribution is 2.51. The Balaban J connectivity index is 1.83. The number of rotatable bonds is 5. The highest BCUT2D eigenvalue weighted by Gasteiger charge is 2.58. The molecule has 0 unspecified atom stereocenters. The number of aryl methyl sites for hydroxylation is 2. The third-order valence-corrected chi connectivity index (χ3v) is 7.03. The molecular weight excluding hydrogens is 497 g/mol. The first-order valence-corrected chi connectivity index (χ1v) is 11.2. The van der Waals surface area contributed by atoms with Crippen molar-refractivity contribution in [3.05, 3.63) is 92.9 Å². The molecule has 0 aliphatic rings. The number of hydrogen-bond acceptors (Lipinski definition) is 3. The van der Waals surface area contributed by atoms with E-state index in [4.69, 9.17) is 11.6 Å². The molecule has 10 heteroatoms. The van der Waals surface area contributed by atoms with Crippen LogP contribution < -0.4 is 5.69 Å². The van der Waals surface area contributed by atoms with Gasteiger partial charge in [0.2, 0.25) is 0 Å². The van der Waals surface area contributed by atoms with Crippen LogP contribution in [0, 0.1) is 0 Å². The van der Waals surface area contributed by atoms with Gasteiger partial charge in [-0.25, -0.2) is 9.59 Å². The number of aliphatic hydroxyl groups is 1. The van der Waals surface area contributed by atoms with Gasteiger partial charge in [-0.05, 0) is 59.5 Å². The highest BCUT2D eigenvalue weighted by molar-refractivity contribution is 6.31. The van der Waals surface area contributed by atoms with Crippen LogP contribution in [0.25, 0.3) is 22.2 Å². The summed E-state index contributed by atoms with van der Waals surface area (Å²) >= 11 is 6.37. The van der Waals surface area contributed by atoms with E-state index in [9.17, 15) is 33.0 Å². The molecule has 0 radical (unpaired) electrons. The van der Waals surface area contributed by atoms with Crippen LogP contribution in [0.2, 0.25) is 5.02 Å². The molecule has 6 nitrogen and oxygen atoms in total. The smallest absolute Gasteiger partial charge is 0.401 e. The molecule has 0 saturated heterocycles. The van der Waals surface area contributed by atoms with E-state index in [0.29, 0.717) is 22.2 Å². The fourth-order valence-corrected chi connectivity index (χ4v) is 4.81. The molecule has 4 aromatic rings. The number of carbonyl (C=O) groups is 1. The summed E-state index contributed by atoms with van der Waals surface area (Å²) in [6.45, 7) is 0.873. The summed E-state index contributed by atoms with van der Waals surface area (Å²) in [7, 11) is 3.05. The van der Waals surface area contributed by atoms with E-state index in [1.54, 1.807) is 13.1 Å². The molecule has 0 spiro atoms. The van der Waals surface area contributed by atoms with E-state index >= 15 is 0 Å². The van der Waals surface area contributed by atoms with Crippen molar-refractivity contribution < 1.29 is 28.2 Å². The fraction of sp³-hybridized carbons (Fsp3) is 0.231. The van der Waals surface area contributed by atoms with Crippen LogP contribution in [-0.4, -0.2) is 31.5 Å². The molecule has 188 valence electrons. The van der Waals surface area contributed by atoms with Crippen molar-refractivity contribution in [3.63, 3.8) is 0 Å². The maximum absolute atomic E-state index is 14.6. The van der Waals surface area contributed by atoms with Gasteiger partial charge in [-0.15, -0.1) is 0 Å². The zero-order valence-electron chi connectivity index (χ0n) is 19.5. The maximum atomic E-state index is 14.6. The van der Waals surface area contributed by atoms with Crippen LogP contribution in [0.5, 0.6) is 0 Å². The van der Waals surface area contributed by atoms with Crippen LogP contribution in [0.4, 0.5) is 13.2 Å². The first kappa shape index (κ1) is 25.5. The summed E-state index contributed by atoms with van der Waals surface area (Å²) in [6, 6.07) is 14.1. The zero-order chi connectivity index (χ0) is 26.6. The van der Waals surface area contributed by atoms with Crippen molar-refractivity contribution in [2.45, 2.75) is 24.6 Å². The van der Waals surface area contributed by atoms with Crippen molar-refractivity contribution >= 4 is 28.6 Å². The molecule has 4 rings (SSSR count). The largest absolute Gasteiger partial charge is 0.478 e. The normalized spacial score (nSPS) is 14.6. The van der Waals surface area contributed by atoms with Gasteiger partial charge >= 0.3 is 17.8 Å². The van der Waals surface area contributed by atoms with Crippen molar-refractivity contribution in [1.29, 1.82) is 0 Å². The molecular formula is C26H22ClF3N2O4. The van der Waals surface area contributed by atoms with Gasteiger partial charge in [-0.2, -0.15) is 13.2 Å². The third-order valence-electron chi connectivity index (χ3n) is 6.72. The predicted octanol–water partition coefficient (Wildman–Crippen LogP) is 5.45. The van der Waals surface area contributed by atoms with Crippen molar-refractivity contribution in [2.24, 2.45) is 14.1 Å². The number of fused-ring (bicyclic) bond motifs is 1. The van der Waals surface area contributed by atoms with Crippen molar-refractivity contribution in [1.82, 2.24) is 9.13 Å². The summed E-state index contributed by atoms with van der Waals surface area (Å²) in [5.74, 6) is -1.14. The lowest BCUT2D eigenvalue weighted by Crippen LogP contribution is -2.45. The average molecular weight is 519 g/mol. The second-order valence-electron chi connectivity index (χ2n) is 8.83. The molecule has 1 heterocycles. The van der Waals surface area contributed by atoms with Crippen LogP contribution in [-0.2, 0) is 19.5 Å². The fourth-order valence-electron chi connectivity index (χ4n) is 4.43. The lowest BCUT2D eigenvalue weighted by atomic mass is 9.73. The molecule has 1 aromatic heterocycles. The monoisotopic (exact) mass is 518 g/mol. The van der Waals surface area contributed by atoms with Crippen LogP contribution >= 0.6 is 11.6 Å². The Hall–Kier alpha value is -3.56. The lowest BCUT2D eigenvalue weighted by molar-refractivity contribution is -0.214. The molecule has 0 aliphatic carbocycles. The van der Waals surface area contributed by atoms with Gasteiger partial charge in [-0.3, -0.25) is 9.13 Å². The SMILES string of the molecule is Cn1c(=O)n(C)c2cc([C@H](O)[C@@](C)(c3ccc(-c4cccc(C(=O)O)c4)cc3Cl)C(F)(F)F)ccc21. The van der Waals surface area contributed by atoms with E-state index in [0.717, 1.165) is 6.92 Å². The predicted molar refractivity (Wildman–Crippen MR) is 130 cm³/mol. The topological polar surface area (TPSA) is 84.5 Å². The molecule has 0 saturated carbocycles. The Morgan fingerprint density at radius 3 is 2.19 bits per heavy atom. The van der Waals surface area contributed by atoms with Crippen LogP contribution in [0.15, 0.2) is 65.5 Å². The molecule has 3 aromatic carbocycles. The Bertz CT molecular complexity index is 1560. The number of carboxylic acids is 1. The van der Waals surface area contributed by atoms with Gasteiger partial charge in [-0.1, -0.05) is 41.9 Å². The lowest BCUT2D eigenvalue weighted by Gasteiger charge is -2.37. The summed E-state index contributed by atoms with van der Waals surface area (Å²) in [5.41, 5.74) is -1.72. The van der Waals surface area contributed by atoms with Crippen LogP contribution in [0.3, 0.4) is 0 Å². The van der Waals surface area contributed by atoms with Gasteiger partial charge in [0, 0.05) is 19.1 Å². The van der Waals surface area contributed by atoms with E-state index in [1.165, 1.54) is 70.8 Å². The average Bonchev–Trinajstić information content (AvgIpc) is 3.05. The summed E-state index contributed by atoms with van der Waals surface area (Å²) in [6.07, 6.45) is -6.95. The van der Waals surface area contributed by atoms with E-state index in [2.05, 4.69) is 0 Å². The second-order valence-corrected chi connectivity index (χ2v) is 9.24. The quantitative estimate of drug-likeness (QED) is 0.368. The Morgan fingerprint density at radius 1 is 0.944 bits per heavy atom. The number of aliphatic hydroxyl groups excluding tert-OH is 1. The van der Waals surface area contributed by atoms with E-state index < -0.39 is 23.7 Å². The molecule has 2 atom stereocenters. The van der Waals surface area contributed by atoms with E-state index in [1.807, 2.05) is 0 Å². The maximum Gasteiger partial charge on any atom is 0.401 e. The summed E-state index contributed by atoms with van der Waals surface area (Å²) in [5, 5.41) is 20.1. The van der Waals surface area contributed by atoms with Crippen molar-refractivity contribution in [3.8, 4) is 11.1 Å². The Morgan fingerprint density at radius 2 is 1.58 bits per heavy atom. The number of hydrogen-bond donors (Lipinski definition) is 2. The number of aromatic nitrogens is 2. The van der Waals surface area contributed by atoms with Crippen molar-refractivity contribution in [2.75, 3.05) is 0 Å². The number of imidazole rings is 1. The second kappa shape index (κ2) is 8.83. The summed E-state index contributed by atoms with van der Waals surface area (Å²) in [4.78, 5) is 23.5. The Labute approximate surface area is 208 Å². The number of nitrogens with zero attached hydrogens (tertiary/aromatic N) is 2. The van der Waals surface area contributed by atoms with Gasteiger partial charge in [0.05, 0.1) is 22.7 Å². The van der Waals surface area contributed by atoms with Gasteiger partial charge in [0.1, 0.15) is 5.41 Å². The minimum atomic E-state index is -4.90. The number of halogens is 4. The molecule has 0 fully saturated rings. The number of aromatic carboxylic acids is 1. The molecule has 0 aliphatic heterocycles. The standard InChI is InChI=1S/C26H22ClF3N2O4/c1-25(26(28,29)30,22(33)16-8-10-20-21(13-16)32(3)24(36)31(20)2)18-9-7-15(12-19(18)27)14-5-4-6-17(11-14)23(34)35/h4-13,22,33H,1-3H3,(H,34,35)/t22-,25+/m0/s1. The third kappa shape index (κ3) is 3.98. The molecule has 36 heavy (non-hydrogen) atoms. The minimum absolute atomic E-state index is 0.0222. The van der Waals surface area contributed by atoms with Gasteiger partial charge in [0.25, 0.3) is 0 Å². The first-order chi connectivity index (χ1) is 16.8. The molecule has 0 amide bonds. The molecule has 0 bridgehead atoms. The minimum Gasteiger partial charge on any atom is -0.478 e. The number of alkyl halides is 3. The van der Waals surface area contributed by atoms with Gasteiger partial charge in [0.15, 0.2) is 0 Å². The first-order valence-electron chi connectivity index (χ1n) is 10.8. The molecule has 2 N–H and O–H groups in total. The Kier molecular flexibility index (Phi) is 6.26. The van der Waals surface area contributed by atoms with Gasteiger partial charge < -0.3 is 10.2 Å². The number of benzene rings is 3. The number of carboxylic acid groups (broad SMARTS) is 1. The van der Waals surface area contributed by atoms with E-state index in [-0.39, 0.29) is 27.4 Å². The van der Waals surface area contributed by atoms with Crippen LogP contribution in [0.1, 0.15) is 34.5 Å². The summed E-state index contributed by atoms with van der Waals surface area (Å²) < 4.78 is 46.4. The zero-order valence-corrected chi connectivity index (χ0v) is 20.2.